The molecule has 0 unspecified atom stereocenters. The summed E-state index contributed by atoms with van der Waals surface area (Å²) in [6, 6.07) is 9.89. The van der Waals surface area contributed by atoms with Crippen LogP contribution in [-0.2, 0) is 0 Å². The monoisotopic (exact) mass is 426 g/mol. The first-order valence-electron chi connectivity index (χ1n) is 10.6. The number of hydrogen-bond acceptors (Lipinski definition) is 6. The van der Waals surface area contributed by atoms with E-state index in [1.807, 2.05) is 0 Å². The maximum Gasteiger partial charge on any atom is 0.161 e. The van der Waals surface area contributed by atoms with Gasteiger partial charge in [0.25, 0.3) is 0 Å². The number of nitrogens with zero attached hydrogens (tertiary/aromatic N) is 2. The van der Waals surface area contributed by atoms with Crippen LogP contribution in [0.4, 0.5) is 4.39 Å². The first kappa shape index (κ1) is 21.3. The number of methoxy groups -OCH3 is 1. The number of rotatable bonds is 8. The predicted molar refractivity (Wildman–Crippen MR) is 115 cm³/mol. The van der Waals surface area contributed by atoms with E-state index in [9.17, 15) is 9.18 Å². The van der Waals surface area contributed by atoms with Crippen molar-refractivity contribution < 1.29 is 23.2 Å². The number of Topliss-reactive ketones (excluding diaryl/α,β-unsaturated/α-hetero) is 1. The van der Waals surface area contributed by atoms with E-state index >= 15 is 0 Å². The first-order valence-corrected chi connectivity index (χ1v) is 10.6. The second kappa shape index (κ2) is 9.47. The lowest BCUT2D eigenvalue weighted by Gasteiger charge is -2.30. The molecule has 0 atom stereocenters. The number of piperidine rings is 1. The smallest absolute Gasteiger partial charge is 0.161 e. The molecule has 1 aromatic heterocycles. The van der Waals surface area contributed by atoms with Crippen LogP contribution in [0.2, 0.25) is 0 Å². The molecule has 0 radical (unpaired) electrons. The molecule has 0 saturated carbocycles. The SMILES string of the molecule is COc1cc(C(C)=O)ccc1OCCCN1CCC(c2onc3cc(F)ccc23)CC1. The summed E-state index contributed by atoms with van der Waals surface area (Å²) in [5, 5.41) is 4.93. The number of likely N-dealkylation sites (tertiary alicyclic amines) is 1. The van der Waals surface area contributed by atoms with Crippen molar-refractivity contribution in [1.29, 1.82) is 0 Å². The van der Waals surface area contributed by atoms with Gasteiger partial charge in [0.1, 0.15) is 17.1 Å². The maximum atomic E-state index is 13.4. The van der Waals surface area contributed by atoms with Crippen LogP contribution in [0.5, 0.6) is 11.5 Å². The Morgan fingerprint density at radius 2 is 2.00 bits per heavy atom. The van der Waals surface area contributed by atoms with Gasteiger partial charge in [-0.2, -0.15) is 0 Å². The van der Waals surface area contributed by atoms with Gasteiger partial charge in [0.2, 0.25) is 0 Å². The van der Waals surface area contributed by atoms with Gasteiger partial charge in [-0.1, -0.05) is 5.16 Å². The fourth-order valence-electron chi connectivity index (χ4n) is 4.13. The van der Waals surface area contributed by atoms with Crippen molar-refractivity contribution >= 4 is 16.7 Å². The highest BCUT2D eigenvalue weighted by Gasteiger charge is 2.25. The van der Waals surface area contributed by atoms with Crippen molar-refractivity contribution in [2.75, 3.05) is 33.4 Å². The second-order valence-corrected chi connectivity index (χ2v) is 7.95. The third-order valence-corrected chi connectivity index (χ3v) is 5.87. The van der Waals surface area contributed by atoms with Crippen LogP contribution in [-0.4, -0.2) is 49.2 Å². The van der Waals surface area contributed by atoms with Crippen LogP contribution in [0, 0.1) is 5.82 Å². The van der Waals surface area contributed by atoms with Crippen molar-refractivity contribution in [2.45, 2.75) is 32.1 Å². The van der Waals surface area contributed by atoms with Crippen molar-refractivity contribution in [3.05, 3.63) is 53.5 Å². The van der Waals surface area contributed by atoms with Crippen LogP contribution in [0.25, 0.3) is 10.9 Å². The van der Waals surface area contributed by atoms with Crippen LogP contribution in [0.15, 0.2) is 40.9 Å². The molecule has 31 heavy (non-hydrogen) atoms. The van der Waals surface area contributed by atoms with Crippen molar-refractivity contribution in [3.63, 3.8) is 0 Å². The fraction of sp³-hybridized carbons (Fsp3) is 0.417. The number of fused-ring (bicyclic) bond motifs is 1. The van der Waals surface area contributed by atoms with Gasteiger partial charge in [-0.3, -0.25) is 4.79 Å². The molecule has 0 amide bonds. The third-order valence-electron chi connectivity index (χ3n) is 5.87. The van der Waals surface area contributed by atoms with Gasteiger partial charge in [0, 0.05) is 29.5 Å². The number of carbonyl (C=O) groups excluding carboxylic acids is 1. The van der Waals surface area contributed by atoms with Crippen molar-refractivity contribution in [1.82, 2.24) is 10.1 Å². The molecule has 0 bridgehead atoms. The van der Waals surface area contributed by atoms with E-state index in [0.717, 1.165) is 50.0 Å². The van der Waals surface area contributed by atoms with E-state index in [-0.39, 0.29) is 11.6 Å². The minimum absolute atomic E-state index is 0.00116. The Labute approximate surface area is 180 Å². The lowest BCUT2D eigenvalue weighted by atomic mass is 9.92. The largest absolute Gasteiger partial charge is 0.493 e. The maximum absolute atomic E-state index is 13.4. The molecule has 1 fully saturated rings. The van der Waals surface area contributed by atoms with Crippen LogP contribution < -0.4 is 9.47 Å². The molecule has 0 spiro atoms. The minimum atomic E-state index is -0.295. The number of ketones is 1. The quantitative estimate of drug-likeness (QED) is 0.380. The summed E-state index contributed by atoms with van der Waals surface area (Å²) in [6.45, 7) is 5.01. The Hall–Kier alpha value is -2.93. The minimum Gasteiger partial charge on any atom is -0.493 e. The normalized spacial score (nSPS) is 15.3. The molecule has 3 aromatic rings. The van der Waals surface area contributed by atoms with Crippen molar-refractivity contribution in [2.24, 2.45) is 0 Å². The summed E-state index contributed by atoms with van der Waals surface area (Å²) in [5.74, 6) is 2.12. The molecule has 4 rings (SSSR count). The zero-order valence-corrected chi connectivity index (χ0v) is 17.9. The highest BCUT2D eigenvalue weighted by Crippen LogP contribution is 2.33. The first-order chi connectivity index (χ1) is 15.0. The highest BCUT2D eigenvalue weighted by molar-refractivity contribution is 5.94. The van der Waals surface area contributed by atoms with Gasteiger partial charge < -0.3 is 18.9 Å². The third kappa shape index (κ3) is 4.88. The summed E-state index contributed by atoms with van der Waals surface area (Å²) in [4.78, 5) is 13.9. The Morgan fingerprint density at radius 3 is 2.74 bits per heavy atom. The molecule has 2 heterocycles. The second-order valence-electron chi connectivity index (χ2n) is 7.95. The van der Waals surface area contributed by atoms with E-state index < -0.39 is 0 Å². The molecule has 6 nitrogen and oxygen atoms in total. The number of ether oxygens (including phenoxy) is 2. The highest BCUT2D eigenvalue weighted by atomic mass is 19.1. The van der Waals surface area contributed by atoms with E-state index in [4.69, 9.17) is 14.0 Å². The van der Waals surface area contributed by atoms with Gasteiger partial charge in [-0.05, 0) is 69.6 Å². The number of halogens is 1. The van der Waals surface area contributed by atoms with Gasteiger partial charge in [0.15, 0.2) is 17.3 Å². The lowest BCUT2D eigenvalue weighted by molar-refractivity contribution is 0.101. The van der Waals surface area contributed by atoms with Crippen LogP contribution in [0.1, 0.15) is 48.2 Å². The fourth-order valence-corrected chi connectivity index (χ4v) is 4.13. The van der Waals surface area contributed by atoms with Crippen molar-refractivity contribution in [3.8, 4) is 11.5 Å². The Bertz CT molecular complexity index is 1060. The van der Waals surface area contributed by atoms with E-state index in [0.29, 0.717) is 35.1 Å². The topological polar surface area (TPSA) is 64.8 Å². The molecule has 7 heteroatoms. The average Bonchev–Trinajstić information content (AvgIpc) is 3.20. The Balaban J connectivity index is 1.24. The summed E-state index contributed by atoms with van der Waals surface area (Å²) >= 11 is 0. The Kier molecular flexibility index (Phi) is 6.51. The molecule has 1 saturated heterocycles. The summed E-state index contributed by atoms with van der Waals surface area (Å²) < 4.78 is 30.1. The van der Waals surface area contributed by atoms with Crippen LogP contribution >= 0.6 is 0 Å². The van der Waals surface area contributed by atoms with Gasteiger partial charge in [0.05, 0.1) is 13.7 Å². The zero-order chi connectivity index (χ0) is 21.8. The van der Waals surface area contributed by atoms with Gasteiger partial charge in [-0.15, -0.1) is 0 Å². The lowest BCUT2D eigenvalue weighted by Crippen LogP contribution is -2.34. The molecule has 0 aliphatic carbocycles. The summed E-state index contributed by atoms with van der Waals surface area (Å²) in [5.41, 5.74) is 1.19. The average molecular weight is 426 g/mol. The molecular formula is C24H27FN2O4. The Morgan fingerprint density at radius 1 is 1.19 bits per heavy atom. The molecular weight excluding hydrogens is 399 g/mol. The van der Waals surface area contributed by atoms with E-state index in [1.54, 1.807) is 31.4 Å². The zero-order valence-electron chi connectivity index (χ0n) is 17.9. The van der Waals surface area contributed by atoms with E-state index in [1.165, 1.54) is 19.1 Å². The predicted octanol–water partition coefficient (Wildman–Crippen LogP) is 4.83. The molecule has 1 aliphatic heterocycles. The molecule has 1 aliphatic rings. The number of hydrogen-bond donors (Lipinski definition) is 0. The number of carbonyl (C=O) groups is 1. The molecule has 164 valence electrons. The summed E-state index contributed by atoms with van der Waals surface area (Å²) in [7, 11) is 1.57. The van der Waals surface area contributed by atoms with E-state index in [2.05, 4.69) is 10.1 Å². The molecule has 0 N–H and O–H groups in total. The summed E-state index contributed by atoms with van der Waals surface area (Å²) in [6.07, 6.45) is 2.87. The standard InChI is InChI=1S/C24H27FN2O4/c1-16(28)18-4-7-22(23(14-18)29-2)30-13-3-10-27-11-8-17(9-12-27)24-20-6-5-19(25)15-21(20)26-31-24/h4-7,14-15,17H,3,8-13H2,1-2H3. The van der Waals surface area contributed by atoms with Gasteiger partial charge >= 0.3 is 0 Å². The number of benzene rings is 2. The molecule has 2 aromatic carbocycles. The van der Waals surface area contributed by atoms with Crippen LogP contribution in [0.3, 0.4) is 0 Å². The van der Waals surface area contributed by atoms with Gasteiger partial charge in [-0.25, -0.2) is 4.39 Å². The number of aromatic nitrogens is 1.